The Morgan fingerprint density at radius 3 is 3.04 bits per heavy atom. The van der Waals surface area contributed by atoms with E-state index in [1.807, 2.05) is 31.2 Å². The van der Waals surface area contributed by atoms with Crippen LogP contribution in [-0.2, 0) is 4.79 Å². The van der Waals surface area contributed by atoms with E-state index in [2.05, 4.69) is 30.8 Å². The molecule has 8 nitrogen and oxygen atoms in total. The van der Waals surface area contributed by atoms with Crippen LogP contribution < -0.4 is 5.32 Å². The van der Waals surface area contributed by atoms with Crippen LogP contribution in [0.15, 0.2) is 40.9 Å². The smallest absolute Gasteiger partial charge is 0.250 e. The lowest BCUT2D eigenvalue weighted by molar-refractivity contribution is -0.111. The fourth-order valence-electron chi connectivity index (χ4n) is 2.35. The summed E-state index contributed by atoms with van der Waals surface area (Å²) in [5.41, 5.74) is 0.647. The summed E-state index contributed by atoms with van der Waals surface area (Å²) in [6, 6.07) is 7.81. The molecular formula is C16H13N7OS2. The molecule has 3 aromatic heterocycles. The van der Waals surface area contributed by atoms with Gasteiger partial charge in [0.05, 0.1) is 6.20 Å². The van der Waals surface area contributed by atoms with Gasteiger partial charge in [0.25, 0.3) is 0 Å². The third-order valence-corrected chi connectivity index (χ3v) is 5.32. The molecule has 3 heterocycles. The molecule has 10 heteroatoms. The van der Waals surface area contributed by atoms with Gasteiger partial charge in [0.2, 0.25) is 11.0 Å². The second-order valence-electron chi connectivity index (χ2n) is 5.15. The number of nitrogens with zero attached hydrogens (tertiary/aromatic N) is 6. The number of thioether (sulfide) groups is 1. The molecule has 0 unspecified atom stereocenters. The molecule has 4 rings (SSSR count). The zero-order chi connectivity index (χ0) is 17.9. The van der Waals surface area contributed by atoms with Gasteiger partial charge in [0.15, 0.2) is 15.8 Å². The molecular weight excluding hydrogens is 370 g/mol. The first-order valence-corrected chi connectivity index (χ1v) is 9.59. The van der Waals surface area contributed by atoms with Crippen molar-refractivity contribution in [3.8, 4) is 0 Å². The number of rotatable bonds is 5. The highest BCUT2D eigenvalue weighted by Crippen LogP contribution is 2.25. The summed E-state index contributed by atoms with van der Waals surface area (Å²) in [5.74, 6) is 1.07. The van der Waals surface area contributed by atoms with Gasteiger partial charge in [0, 0.05) is 16.8 Å². The molecule has 0 aliphatic heterocycles. The van der Waals surface area contributed by atoms with Crippen LogP contribution in [0.2, 0.25) is 0 Å². The lowest BCUT2D eigenvalue weighted by atomic mass is 10.2. The van der Waals surface area contributed by atoms with E-state index in [0.717, 1.165) is 20.9 Å². The Morgan fingerprint density at radius 1 is 1.27 bits per heavy atom. The van der Waals surface area contributed by atoms with Crippen LogP contribution in [0.25, 0.3) is 22.5 Å². The Kier molecular flexibility index (Phi) is 4.59. The number of carbonyl (C=O) groups excluding carboxylic acids is 1. The molecule has 1 N–H and O–H groups in total. The Labute approximate surface area is 156 Å². The molecule has 4 aromatic rings. The molecule has 0 saturated heterocycles. The topological polar surface area (TPSA) is 98.0 Å². The third kappa shape index (κ3) is 3.28. The molecule has 1 amide bonds. The van der Waals surface area contributed by atoms with Gasteiger partial charge in [-0.3, -0.25) is 10.1 Å². The number of aromatic nitrogens is 6. The molecule has 0 fully saturated rings. The van der Waals surface area contributed by atoms with E-state index in [1.165, 1.54) is 17.4 Å². The van der Waals surface area contributed by atoms with Crippen LogP contribution >= 0.6 is 23.1 Å². The fourth-order valence-corrected chi connectivity index (χ4v) is 4.00. The van der Waals surface area contributed by atoms with Gasteiger partial charge in [-0.15, -0.1) is 20.4 Å². The van der Waals surface area contributed by atoms with Crippen LogP contribution in [0.4, 0.5) is 5.13 Å². The SMILES string of the molecule is CCSc1nnc(NC(=O)/C=C/c2nnc3c4ccccc4cnn23)s1. The second-order valence-corrected chi connectivity index (χ2v) is 7.64. The maximum atomic E-state index is 12.1. The van der Waals surface area contributed by atoms with Gasteiger partial charge < -0.3 is 0 Å². The van der Waals surface area contributed by atoms with E-state index in [1.54, 1.807) is 28.6 Å². The summed E-state index contributed by atoms with van der Waals surface area (Å²) < 4.78 is 2.43. The van der Waals surface area contributed by atoms with E-state index in [0.29, 0.717) is 16.6 Å². The third-order valence-electron chi connectivity index (χ3n) is 3.47. The summed E-state index contributed by atoms with van der Waals surface area (Å²) in [6.07, 6.45) is 4.69. The van der Waals surface area contributed by atoms with Crippen molar-refractivity contribution >= 4 is 56.6 Å². The van der Waals surface area contributed by atoms with Crippen LogP contribution in [0.3, 0.4) is 0 Å². The highest BCUT2D eigenvalue weighted by atomic mass is 32.2. The minimum atomic E-state index is -0.313. The largest absolute Gasteiger partial charge is 0.297 e. The lowest BCUT2D eigenvalue weighted by Crippen LogP contribution is -2.07. The van der Waals surface area contributed by atoms with Crippen LogP contribution in [0, 0.1) is 0 Å². The van der Waals surface area contributed by atoms with Gasteiger partial charge >= 0.3 is 0 Å². The van der Waals surface area contributed by atoms with E-state index in [9.17, 15) is 4.79 Å². The van der Waals surface area contributed by atoms with E-state index in [4.69, 9.17) is 0 Å². The average Bonchev–Trinajstić information content (AvgIpc) is 3.27. The Balaban J connectivity index is 1.54. The number of hydrogen-bond acceptors (Lipinski definition) is 8. The molecule has 0 atom stereocenters. The summed E-state index contributed by atoms with van der Waals surface area (Å²) in [5, 5.41) is 25.7. The minimum Gasteiger partial charge on any atom is -0.297 e. The maximum Gasteiger partial charge on any atom is 0.250 e. The van der Waals surface area contributed by atoms with Crippen molar-refractivity contribution in [2.75, 3.05) is 11.1 Å². The maximum absolute atomic E-state index is 12.1. The van der Waals surface area contributed by atoms with Crippen molar-refractivity contribution in [1.82, 2.24) is 30.0 Å². The van der Waals surface area contributed by atoms with Crippen molar-refractivity contribution < 1.29 is 4.79 Å². The quantitative estimate of drug-likeness (QED) is 0.321. The number of amides is 1. The zero-order valence-electron chi connectivity index (χ0n) is 13.7. The number of anilines is 1. The molecule has 0 saturated carbocycles. The van der Waals surface area contributed by atoms with Gasteiger partial charge in [0.1, 0.15) is 0 Å². The Morgan fingerprint density at radius 2 is 2.15 bits per heavy atom. The predicted octanol–water partition coefficient (Wildman–Crippen LogP) is 2.89. The molecule has 26 heavy (non-hydrogen) atoms. The first-order chi connectivity index (χ1) is 12.7. The summed E-state index contributed by atoms with van der Waals surface area (Å²) in [7, 11) is 0. The number of fused-ring (bicyclic) bond motifs is 3. The van der Waals surface area contributed by atoms with Crippen LogP contribution in [0.1, 0.15) is 12.7 Å². The van der Waals surface area contributed by atoms with Crippen molar-refractivity contribution in [3.05, 3.63) is 42.4 Å². The molecule has 130 valence electrons. The van der Waals surface area contributed by atoms with Crippen molar-refractivity contribution in [1.29, 1.82) is 0 Å². The Bertz CT molecular complexity index is 1120. The predicted molar refractivity (Wildman–Crippen MR) is 102 cm³/mol. The number of hydrogen-bond donors (Lipinski definition) is 1. The highest BCUT2D eigenvalue weighted by molar-refractivity contribution is 8.01. The van der Waals surface area contributed by atoms with Gasteiger partial charge in [-0.25, -0.2) is 0 Å². The molecule has 0 aliphatic rings. The van der Waals surface area contributed by atoms with E-state index < -0.39 is 0 Å². The zero-order valence-corrected chi connectivity index (χ0v) is 15.3. The molecule has 0 radical (unpaired) electrons. The second kappa shape index (κ2) is 7.18. The average molecular weight is 383 g/mol. The minimum absolute atomic E-state index is 0.313. The van der Waals surface area contributed by atoms with Crippen LogP contribution in [0.5, 0.6) is 0 Å². The summed E-state index contributed by atoms with van der Waals surface area (Å²) in [4.78, 5) is 12.1. The standard InChI is InChI=1S/C16H13N7OS2/c1-2-25-16-22-21-15(26-16)18-13(24)8-7-12-19-20-14-11-6-4-3-5-10(11)9-17-23(12)14/h3-9H,2H2,1H3,(H,18,21,24)/b8-7+. The number of carbonyl (C=O) groups is 1. The molecule has 0 aliphatic carbocycles. The summed E-state index contributed by atoms with van der Waals surface area (Å²) in [6.45, 7) is 2.03. The monoisotopic (exact) mass is 383 g/mol. The molecule has 1 aromatic carbocycles. The van der Waals surface area contributed by atoms with Gasteiger partial charge in [-0.2, -0.15) is 9.61 Å². The van der Waals surface area contributed by atoms with Gasteiger partial charge in [-0.05, 0) is 11.8 Å². The number of benzene rings is 1. The molecule has 0 spiro atoms. The van der Waals surface area contributed by atoms with Crippen molar-refractivity contribution in [2.45, 2.75) is 11.3 Å². The van der Waals surface area contributed by atoms with Gasteiger partial charge in [-0.1, -0.05) is 54.3 Å². The number of nitrogens with one attached hydrogen (secondary N) is 1. The first kappa shape index (κ1) is 16.6. The van der Waals surface area contributed by atoms with Crippen LogP contribution in [-0.4, -0.2) is 41.7 Å². The van der Waals surface area contributed by atoms with E-state index >= 15 is 0 Å². The fraction of sp³-hybridized carbons (Fsp3) is 0.125. The van der Waals surface area contributed by atoms with E-state index in [-0.39, 0.29) is 5.91 Å². The van der Waals surface area contributed by atoms with Crippen molar-refractivity contribution in [2.24, 2.45) is 0 Å². The van der Waals surface area contributed by atoms with Crippen molar-refractivity contribution in [3.63, 3.8) is 0 Å². The molecule has 0 bridgehead atoms. The highest BCUT2D eigenvalue weighted by Gasteiger charge is 2.09. The Hall–Kier alpha value is -2.85. The first-order valence-electron chi connectivity index (χ1n) is 7.79. The normalized spacial score (nSPS) is 11.6. The lowest BCUT2D eigenvalue weighted by Gasteiger charge is -1.98. The summed E-state index contributed by atoms with van der Waals surface area (Å²) >= 11 is 2.93.